The van der Waals surface area contributed by atoms with E-state index in [9.17, 15) is 4.79 Å². The highest BCUT2D eigenvalue weighted by Crippen LogP contribution is 2.30. The minimum atomic E-state index is -0.939. The molecule has 5 heteroatoms. The van der Waals surface area contributed by atoms with Crippen LogP contribution >= 0.6 is 0 Å². The first kappa shape index (κ1) is 16.6. The van der Waals surface area contributed by atoms with Gasteiger partial charge in [-0.1, -0.05) is 18.2 Å². The van der Waals surface area contributed by atoms with Crippen LogP contribution < -0.4 is 0 Å². The zero-order valence-corrected chi connectivity index (χ0v) is 14.3. The maximum Gasteiger partial charge on any atom is 0.335 e. The lowest BCUT2D eigenvalue weighted by atomic mass is 10.0. The molecule has 0 saturated heterocycles. The lowest BCUT2D eigenvalue weighted by Gasteiger charge is -2.09. The van der Waals surface area contributed by atoms with E-state index < -0.39 is 5.97 Å². The topological polar surface area (TPSA) is 76.0 Å². The van der Waals surface area contributed by atoms with Gasteiger partial charge in [0.15, 0.2) is 0 Å². The van der Waals surface area contributed by atoms with Gasteiger partial charge in [-0.2, -0.15) is 0 Å². The van der Waals surface area contributed by atoms with E-state index in [0.717, 1.165) is 33.8 Å². The van der Waals surface area contributed by atoms with Crippen LogP contribution in [0.5, 0.6) is 0 Å². The molecule has 4 aromatic rings. The predicted octanol–water partition coefficient (Wildman–Crippen LogP) is 4.57. The van der Waals surface area contributed by atoms with Crippen molar-refractivity contribution in [1.29, 1.82) is 0 Å². The second kappa shape index (κ2) is 7.17. The van der Waals surface area contributed by atoms with Crippen LogP contribution in [0, 0.1) is 0 Å². The van der Waals surface area contributed by atoms with Gasteiger partial charge < -0.3 is 5.11 Å². The summed E-state index contributed by atoms with van der Waals surface area (Å²) in [5.74, 6) is -0.939. The number of carboxylic acids is 1. The summed E-state index contributed by atoms with van der Waals surface area (Å²) >= 11 is 0. The van der Waals surface area contributed by atoms with Gasteiger partial charge in [-0.05, 0) is 59.7 Å². The number of benzene rings is 1. The van der Waals surface area contributed by atoms with Gasteiger partial charge in [0.1, 0.15) is 0 Å². The lowest BCUT2D eigenvalue weighted by molar-refractivity contribution is 0.0697. The molecule has 0 aliphatic rings. The van der Waals surface area contributed by atoms with Crippen LogP contribution in [0.25, 0.3) is 33.8 Å². The average Bonchev–Trinajstić information content (AvgIpc) is 2.74. The van der Waals surface area contributed by atoms with Crippen molar-refractivity contribution < 1.29 is 9.90 Å². The molecule has 4 rings (SSSR count). The summed E-state index contributed by atoms with van der Waals surface area (Å²) in [6, 6.07) is 20.2. The van der Waals surface area contributed by atoms with E-state index in [2.05, 4.69) is 15.0 Å². The summed E-state index contributed by atoms with van der Waals surface area (Å²) in [6.45, 7) is 0. The fourth-order valence-corrected chi connectivity index (χ4v) is 2.88. The van der Waals surface area contributed by atoms with E-state index in [4.69, 9.17) is 5.11 Å². The first-order valence-electron chi connectivity index (χ1n) is 8.39. The Morgan fingerprint density at radius 1 is 0.704 bits per heavy atom. The highest BCUT2D eigenvalue weighted by molar-refractivity contribution is 5.88. The molecule has 3 heterocycles. The number of carbonyl (C=O) groups is 1. The molecule has 0 fully saturated rings. The normalized spacial score (nSPS) is 10.5. The maximum absolute atomic E-state index is 11.0. The van der Waals surface area contributed by atoms with E-state index in [0.29, 0.717) is 0 Å². The molecule has 1 N–H and O–H groups in total. The van der Waals surface area contributed by atoms with Gasteiger partial charge in [-0.25, -0.2) is 4.79 Å². The van der Waals surface area contributed by atoms with Gasteiger partial charge in [0.2, 0.25) is 0 Å². The van der Waals surface area contributed by atoms with Gasteiger partial charge >= 0.3 is 5.97 Å². The molecule has 0 atom stereocenters. The van der Waals surface area contributed by atoms with Crippen molar-refractivity contribution in [2.75, 3.05) is 0 Å². The zero-order valence-electron chi connectivity index (χ0n) is 14.3. The number of nitrogens with zero attached hydrogens (tertiary/aromatic N) is 3. The Bertz CT molecular complexity index is 1090. The average molecular weight is 353 g/mol. The number of pyridine rings is 3. The van der Waals surface area contributed by atoms with Crippen LogP contribution in [0.1, 0.15) is 10.4 Å². The molecule has 0 aliphatic heterocycles. The summed E-state index contributed by atoms with van der Waals surface area (Å²) in [5, 5.41) is 9.05. The zero-order chi connectivity index (χ0) is 18.6. The number of aromatic nitrogens is 3. The van der Waals surface area contributed by atoms with Crippen molar-refractivity contribution in [1.82, 2.24) is 15.0 Å². The Balaban J connectivity index is 1.77. The van der Waals surface area contributed by atoms with Crippen molar-refractivity contribution in [3.05, 3.63) is 90.9 Å². The van der Waals surface area contributed by atoms with E-state index in [1.165, 1.54) is 0 Å². The Morgan fingerprint density at radius 2 is 1.48 bits per heavy atom. The van der Waals surface area contributed by atoms with E-state index in [1.807, 2.05) is 42.5 Å². The van der Waals surface area contributed by atoms with Crippen LogP contribution in [0.2, 0.25) is 0 Å². The van der Waals surface area contributed by atoms with Crippen molar-refractivity contribution in [3.8, 4) is 33.8 Å². The van der Waals surface area contributed by atoms with Gasteiger partial charge in [-0.15, -0.1) is 0 Å². The van der Waals surface area contributed by atoms with Gasteiger partial charge in [-0.3, -0.25) is 15.0 Å². The first-order valence-corrected chi connectivity index (χ1v) is 8.39. The minimum absolute atomic E-state index is 0.259. The van der Waals surface area contributed by atoms with E-state index in [1.54, 1.807) is 42.9 Å². The largest absolute Gasteiger partial charge is 0.478 e. The predicted molar refractivity (Wildman–Crippen MR) is 103 cm³/mol. The molecule has 1 aromatic carbocycles. The fraction of sp³-hybridized carbons (Fsp3) is 0. The summed E-state index contributed by atoms with van der Waals surface area (Å²) < 4.78 is 0. The summed E-state index contributed by atoms with van der Waals surface area (Å²) in [5.41, 5.74) is 5.34. The van der Waals surface area contributed by atoms with Crippen molar-refractivity contribution in [2.24, 2.45) is 0 Å². The fourth-order valence-electron chi connectivity index (χ4n) is 2.88. The van der Waals surface area contributed by atoms with Crippen LogP contribution in [-0.2, 0) is 0 Å². The standard InChI is InChI=1S/C22H15N3O2/c26-22(27)16-8-6-15(7-9-16)17-10-13-24-20(14-17)21-18(4-3-12-25-21)19-5-1-2-11-23-19/h1-14H,(H,26,27). The molecule has 5 nitrogen and oxygen atoms in total. The molecular formula is C22H15N3O2. The molecule has 0 aliphatic carbocycles. The van der Waals surface area contributed by atoms with Gasteiger partial charge in [0, 0.05) is 24.2 Å². The van der Waals surface area contributed by atoms with Crippen LogP contribution in [0.3, 0.4) is 0 Å². The Kier molecular flexibility index (Phi) is 4.41. The number of carboxylic acid groups (broad SMARTS) is 1. The minimum Gasteiger partial charge on any atom is -0.478 e. The first-order chi connectivity index (χ1) is 13.2. The molecule has 0 unspecified atom stereocenters. The molecule has 0 saturated carbocycles. The maximum atomic E-state index is 11.0. The number of hydrogen-bond acceptors (Lipinski definition) is 4. The molecule has 0 amide bonds. The Morgan fingerprint density at radius 3 is 2.22 bits per heavy atom. The molecule has 130 valence electrons. The lowest BCUT2D eigenvalue weighted by Crippen LogP contribution is -1.95. The third-order valence-electron chi connectivity index (χ3n) is 4.22. The number of rotatable bonds is 4. The Hall–Kier alpha value is -3.86. The molecule has 0 bridgehead atoms. The van der Waals surface area contributed by atoms with Crippen LogP contribution in [0.4, 0.5) is 0 Å². The third-order valence-corrected chi connectivity index (χ3v) is 4.22. The van der Waals surface area contributed by atoms with Crippen LogP contribution in [-0.4, -0.2) is 26.0 Å². The van der Waals surface area contributed by atoms with Crippen molar-refractivity contribution in [3.63, 3.8) is 0 Å². The van der Waals surface area contributed by atoms with Crippen molar-refractivity contribution in [2.45, 2.75) is 0 Å². The van der Waals surface area contributed by atoms with Crippen molar-refractivity contribution >= 4 is 5.97 Å². The number of aromatic carboxylic acids is 1. The number of hydrogen-bond donors (Lipinski definition) is 1. The SMILES string of the molecule is O=C(O)c1ccc(-c2ccnc(-c3ncccc3-c3ccccn3)c2)cc1. The van der Waals surface area contributed by atoms with E-state index >= 15 is 0 Å². The summed E-state index contributed by atoms with van der Waals surface area (Å²) in [7, 11) is 0. The van der Waals surface area contributed by atoms with Crippen LogP contribution in [0.15, 0.2) is 85.3 Å². The molecule has 0 spiro atoms. The molecule has 0 radical (unpaired) electrons. The van der Waals surface area contributed by atoms with E-state index in [-0.39, 0.29) is 5.56 Å². The van der Waals surface area contributed by atoms with Gasteiger partial charge in [0.05, 0.1) is 22.6 Å². The second-order valence-corrected chi connectivity index (χ2v) is 5.93. The third kappa shape index (κ3) is 3.43. The molecule has 27 heavy (non-hydrogen) atoms. The highest BCUT2D eigenvalue weighted by Gasteiger charge is 2.12. The monoisotopic (exact) mass is 353 g/mol. The second-order valence-electron chi connectivity index (χ2n) is 5.93. The van der Waals surface area contributed by atoms with Gasteiger partial charge in [0.25, 0.3) is 0 Å². The summed E-state index contributed by atoms with van der Waals surface area (Å²) in [6.07, 6.45) is 5.21. The summed E-state index contributed by atoms with van der Waals surface area (Å²) in [4.78, 5) is 24.5. The molecule has 3 aromatic heterocycles. The Labute approximate surface area is 156 Å². The highest BCUT2D eigenvalue weighted by atomic mass is 16.4. The molecular weight excluding hydrogens is 338 g/mol. The smallest absolute Gasteiger partial charge is 0.335 e. The quantitative estimate of drug-likeness (QED) is 0.581.